The van der Waals surface area contributed by atoms with Crippen molar-refractivity contribution in [2.75, 3.05) is 20.8 Å². The van der Waals surface area contributed by atoms with Gasteiger partial charge in [0.15, 0.2) is 0 Å². The molecule has 18 heavy (non-hydrogen) atoms. The predicted octanol–water partition coefficient (Wildman–Crippen LogP) is 2.30. The summed E-state index contributed by atoms with van der Waals surface area (Å²) in [6, 6.07) is 7.75. The van der Waals surface area contributed by atoms with Gasteiger partial charge >= 0.3 is 5.97 Å². The predicted molar refractivity (Wildman–Crippen MR) is 70.7 cm³/mol. The van der Waals surface area contributed by atoms with E-state index >= 15 is 0 Å². The molecule has 0 saturated heterocycles. The maximum absolute atomic E-state index is 11.3. The van der Waals surface area contributed by atoms with E-state index < -0.39 is 0 Å². The summed E-state index contributed by atoms with van der Waals surface area (Å²) < 4.78 is 10.2. The summed E-state index contributed by atoms with van der Waals surface area (Å²) in [5.41, 5.74) is 1.05. The molecule has 0 fully saturated rings. The molecule has 1 unspecified atom stereocenters. The molecule has 1 N–H and O–H groups in total. The van der Waals surface area contributed by atoms with Crippen LogP contribution in [0.4, 0.5) is 0 Å². The van der Waals surface area contributed by atoms with Gasteiger partial charge in [-0.05, 0) is 31.2 Å². The van der Waals surface area contributed by atoms with Gasteiger partial charge in [-0.1, -0.05) is 19.1 Å². The highest BCUT2D eigenvalue weighted by Crippen LogP contribution is 2.20. The zero-order valence-electron chi connectivity index (χ0n) is 11.2. The second kappa shape index (κ2) is 7.71. The van der Waals surface area contributed by atoms with Crippen molar-refractivity contribution in [2.24, 2.45) is 0 Å². The van der Waals surface area contributed by atoms with Gasteiger partial charge in [-0.3, -0.25) is 4.79 Å². The molecule has 0 bridgehead atoms. The molecule has 1 aromatic carbocycles. The highest BCUT2D eigenvalue weighted by atomic mass is 16.5. The third kappa shape index (κ3) is 4.37. The fourth-order valence-corrected chi connectivity index (χ4v) is 1.65. The Balaban J connectivity index is 2.66. The molecular weight excluding hydrogens is 230 g/mol. The Morgan fingerprint density at radius 1 is 1.33 bits per heavy atom. The van der Waals surface area contributed by atoms with E-state index in [1.165, 1.54) is 7.11 Å². The van der Waals surface area contributed by atoms with E-state index in [1.54, 1.807) is 0 Å². The molecule has 1 aromatic rings. The van der Waals surface area contributed by atoms with Gasteiger partial charge in [0.1, 0.15) is 5.75 Å². The lowest BCUT2D eigenvalue weighted by Crippen LogP contribution is -2.20. The first kappa shape index (κ1) is 14.5. The molecule has 0 radical (unpaired) electrons. The van der Waals surface area contributed by atoms with Crippen LogP contribution in [0.2, 0.25) is 0 Å². The van der Waals surface area contributed by atoms with E-state index in [2.05, 4.69) is 17.0 Å². The maximum Gasteiger partial charge on any atom is 0.307 e. The van der Waals surface area contributed by atoms with Crippen LogP contribution in [0.25, 0.3) is 0 Å². The molecule has 0 aliphatic rings. The average Bonchev–Trinajstić information content (AvgIpc) is 2.42. The number of nitrogens with one attached hydrogen (secondary N) is 1. The van der Waals surface area contributed by atoms with Crippen LogP contribution in [-0.2, 0) is 9.53 Å². The molecule has 0 aliphatic heterocycles. The normalized spacial score (nSPS) is 11.9. The molecule has 4 heteroatoms. The largest absolute Gasteiger partial charge is 0.494 e. The fourth-order valence-electron chi connectivity index (χ4n) is 1.65. The molecular formula is C14H21NO3. The number of carbonyl (C=O) groups is 1. The zero-order valence-corrected chi connectivity index (χ0v) is 11.2. The molecule has 0 aliphatic carbocycles. The lowest BCUT2D eigenvalue weighted by molar-refractivity contribution is -0.141. The Morgan fingerprint density at radius 3 is 2.50 bits per heavy atom. The van der Waals surface area contributed by atoms with Gasteiger partial charge < -0.3 is 14.8 Å². The van der Waals surface area contributed by atoms with Crippen molar-refractivity contribution < 1.29 is 14.3 Å². The zero-order chi connectivity index (χ0) is 13.4. The Bertz CT molecular complexity index is 362. The second-order valence-corrected chi connectivity index (χ2v) is 4.04. The number of esters is 1. The summed E-state index contributed by atoms with van der Waals surface area (Å²) in [5.74, 6) is 0.634. The number of hydrogen-bond acceptors (Lipinski definition) is 4. The molecule has 0 spiro atoms. The van der Waals surface area contributed by atoms with Gasteiger partial charge in [-0.25, -0.2) is 0 Å². The van der Waals surface area contributed by atoms with Gasteiger partial charge in [-0.15, -0.1) is 0 Å². The highest BCUT2D eigenvalue weighted by Gasteiger charge is 2.14. The minimum Gasteiger partial charge on any atom is -0.494 e. The van der Waals surface area contributed by atoms with Crippen molar-refractivity contribution in [1.29, 1.82) is 0 Å². The standard InChI is InChI=1S/C14H21NO3/c1-4-9-18-12-7-5-11(6-8-12)13(15-2)10-14(16)17-3/h5-8,13,15H,4,9-10H2,1-3H3. The van der Waals surface area contributed by atoms with Crippen LogP contribution in [-0.4, -0.2) is 26.7 Å². The van der Waals surface area contributed by atoms with Crippen molar-refractivity contribution in [3.63, 3.8) is 0 Å². The van der Waals surface area contributed by atoms with Gasteiger partial charge in [0.05, 0.1) is 20.1 Å². The maximum atomic E-state index is 11.3. The Labute approximate surface area is 108 Å². The first-order valence-corrected chi connectivity index (χ1v) is 6.18. The van der Waals surface area contributed by atoms with Gasteiger partial charge in [-0.2, -0.15) is 0 Å². The fraction of sp³-hybridized carbons (Fsp3) is 0.500. The average molecular weight is 251 g/mol. The lowest BCUT2D eigenvalue weighted by Gasteiger charge is -2.15. The van der Waals surface area contributed by atoms with Crippen molar-refractivity contribution in [1.82, 2.24) is 5.32 Å². The molecule has 0 aromatic heterocycles. The third-order valence-corrected chi connectivity index (χ3v) is 2.70. The second-order valence-electron chi connectivity index (χ2n) is 4.04. The van der Waals surface area contributed by atoms with Crippen LogP contribution in [0.15, 0.2) is 24.3 Å². The molecule has 1 rings (SSSR count). The smallest absolute Gasteiger partial charge is 0.307 e. The van der Waals surface area contributed by atoms with E-state index in [0.29, 0.717) is 6.42 Å². The van der Waals surface area contributed by atoms with Gasteiger partial charge in [0.2, 0.25) is 0 Å². The van der Waals surface area contributed by atoms with E-state index in [0.717, 1.165) is 24.3 Å². The molecule has 0 saturated carbocycles. The van der Waals surface area contributed by atoms with Crippen molar-refractivity contribution in [3.8, 4) is 5.75 Å². The van der Waals surface area contributed by atoms with Gasteiger partial charge in [0, 0.05) is 6.04 Å². The monoisotopic (exact) mass is 251 g/mol. The Morgan fingerprint density at radius 2 is 2.00 bits per heavy atom. The number of rotatable bonds is 7. The first-order valence-electron chi connectivity index (χ1n) is 6.18. The van der Waals surface area contributed by atoms with E-state index in [4.69, 9.17) is 4.74 Å². The van der Waals surface area contributed by atoms with Crippen molar-refractivity contribution >= 4 is 5.97 Å². The van der Waals surface area contributed by atoms with Crippen molar-refractivity contribution in [3.05, 3.63) is 29.8 Å². The van der Waals surface area contributed by atoms with Crippen LogP contribution in [0.3, 0.4) is 0 Å². The number of ether oxygens (including phenoxy) is 2. The van der Waals surface area contributed by atoms with Gasteiger partial charge in [0.25, 0.3) is 0 Å². The van der Waals surface area contributed by atoms with Crippen LogP contribution >= 0.6 is 0 Å². The Hall–Kier alpha value is -1.55. The number of benzene rings is 1. The van der Waals surface area contributed by atoms with E-state index in [1.807, 2.05) is 31.3 Å². The Kier molecular flexibility index (Phi) is 6.22. The van der Waals surface area contributed by atoms with E-state index in [-0.39, 0.29) is 12.0 Å². The van der Waals surface area contributed by atoms with E-state index in [9.17, 15) is 4.79 Å². The van der Waals surface area contributed by atoms with Crippen LogP contribution in [0, 0.1) is 0 Å². The number of methoxy groups -OCH3 is 1. The first-order chi connectivity index (χ1) is 8.71. The quantitative estimate of drug-likeness (QED) is 0.755. The highest BCUT2D eigenvalue weighted by molar-refractivity contribution is 5.70. The summed E-state index contributed by atoms with van der Waals surface area (Å²) in [6.07, 6.45) is 1.31. The lowest BCUT2D eigenvalue weighted by atomic mass is 10.0. The van der Waals surface area contributed by atoms with Crippen LogP contribution in [0.1, 0.15) is 31.4 Å². The summed E-state index contributed by atoms with van der Waals surface area (Å²) in [7, 11) is 3.23. The molecule has 0 amide bonds. The molecule has 4 nitrogen and oxygen atoms in total. The molecule has 0 heterocycles. The van der Waals surface area contributed by atoms with Crippen LogP contribution in [0.5, 0.6) is 5.75 Å². The summed E-state index contributed by atoms with van der Waals surface area (Å²) in [5, 5.41) is 3.10. The minimum atomic E-state index is -0.222. The number of carbonyl (C=O) groups excluding carboxylic acids is 1. The summed E-state index contributed by atoms with van der Waals surface area (Å²) >= 11 is 0. The number of hydrogen-bond donors (Lipinski definition) is 1. The summed E-state index contributed by atoms with van der Waals surface area (Å²) in [4.78, 5) is 11.3. The SMILES string of the molecule is CCCOc1ccc(C(CC(=O)OC)NC)cc1. The van der Waals surface area contributed by atoms with Crippen molar-refractivity contribution in [2.45, 2.75) is 25.8 Å². The summed E-state index contributed by atoms with van der Waals surface area (Å²) in [6.45, 7) is 2.79. The topological polar surface area (TPSA) is 47.6 Å². The molecule has 1 atom stereocenters. The van der Waals surface area contributed by atoms with Crippen LogP contribution < -0.4 is 10.1 Å². The molecule has 100 valence electrons. The third-order valence-electron chi connectivity index (χ3n) is 2.70. The minimum absolute atomic E-state index is 0.0299.